The van der Waals surface area contributed by atoms with E-state index in [4.69, 9.17) is 10.5 Å². The highest BCUT2D eigenvalue weighted by Crippen LogP contribution is 2.09. The van der Waals surface area contributed by atoms with Crippen LogP contribution in [0.2, 0.25) is 0 Å². The van der Waals surface area contributed by atoms with Crippen molar-refractivity contribution in [1.82, 2.24) is 9.80 Å². The first-order valence-corrected chi connectivity index (χ1v) is 7.88. The van der Waals surface area contributed by atoms with Gasteiger partial charge in [-0.15, -0.1) is 12.4 Å². The summed E-state index contributed by atoms with van der Waals surface area (Å²) in [6.45, 7) is 4.39. The molecule has 24 heavy (non-hydrogen) atoms. The van der Waals surface area contributed by atoms with Crippen molar-refractivity contribution in [2.75, 3.05) is 39.9 Å². The lowest BCUT2D eigenvalue weighted by Crippen LogP contribution is -2.55. The highest BCUT2D eigenvalue weighted by atomic mass is 35.5. The molecule has 1 fully saturated rings. The van der Waals surface area contributed by atoms with E-state index < -0.39 is 6.04 Å². The average molecular weight is 356 g/mol. The Kier molecular flexibility index (Phi) is 8.18. The predicted molar refractivity (Wildman–Crippen MR) is 95.1 cm³/mol. The van der Waals surface area contributed by atoms with Crippen molar-refractivity contribution in [3.63, 3.8) is 0 Å². The minimum atomic E-state index is -0.630. The SMILES string of the molecule is COCC(N)C(=O)N1CCN(C(=O)Cc2ccc(C)cc2)CC1.Cl. The van der Waals surface area contributed by atoms with E-state index in [1.54, 1.807) is 4.90 Å². The van der Waals surface area contributed by atoms with E-state index in [1.807, 2.05) is 36.1 Å². The van der Waals surface area contributed by atoms with Crippen molar-refractivity contribution in [3.05, 3.63) is 35.4 Å². The van der Waals surface area contributed by atoms with Gasteiger partial charge in [-0.05, 0) is 12.5 Å². The van der Waals surface area contributed by atoms with Gasteiger partial charge in [-0.2, -0.15) is 0 Å². The largest absolute Gasteiger partial charge is 0.383 e. The number of carbonyl (C=O) groups excluding carboxylic acids is 2. The monoisotopic (exact) mass is 355 g/mol. The average Bonchev–Trinajstić information content (AvgIpc) is 2.56. The van der Waals surface area contributed by atoms with Gasteiger partial charge >= 0.3 is 0 Å². The summed E-state index contributed by atoms with van der Waals surface area (Å²) in [5.74, 6) is -0.0142. The molecule has 2 rings (SSSR count). The van der Waals surface area contributed by atoms with Crippen molar-refractivity contribution in [2.24, 2.45) is 5.73 Å². The van der Waals surface area contributed by atoms with E-state index in [-0.39, 0.29) is 30.8 Å². The van der Waals surface area contributed by atoms with Gasteiger partial charge in [-0.25, -0.2) is 0 Å². The minimum absolute atomic E-state index is 0. The number of amides is 2. The van der Waals surface area contributed by atoms with Gasteiger partial charge in [0.05, 0.1) is 13.0 Å². The summed E-state index contributed by atoms with van der Waals surface area (Å²) in [6.07, 6.45) is 0.400. The molecule has 0 saturated carbocycles. The van der Waals surface area contributed by atoms with E-state index in [1.165, 1.54) is 12.7 Å². The molecule has 1 aliphatic rings. The molecular formula is C17H26ClN3O3. The summed E-state index contributed by atoms with van der Waals surface area (Å²) in [5.41, 5.74) is 7.97. The number of methoxy groups -OCH3 is 1. The highest BCUT2D eigenvalue weighted by Gasteiger charge is 2.27. The Hall–Kier alpha value is -1.63. The predicted octanol–water partition coefficient (Wildman–Crippen LogP) is 0.604. The number of rotatable bonds is 5. The molecule has 6 nitrogen and oxygen atoms in total. The Labute approximate surface area is 149 Å². The number of ether oxygens (including phenoxy) is 1. The van der Waals surface area contributed by atoms with E-state index in [0.717, 1.165) is 5.56 Å². The molecule has 1 unspecified atom stereocenters. The molecule has 1 atom stereocenters. The molecule has 0 bridgehead atoms. The Balaban J connectivity index is 0.00000288. The van der Waals surface area contributed by atoms with Gasteiger partial charge in [0.2, 0.25) is 11.8 Å². The van der Waals surface area contributed by atoms with Crippen LogP contribution in [0.4, 0.5) is 0 Å². The number of hydrogen-bond acceptors (Lipinski definition) is 4. The number of benzene rings is 1. The number of nitrogens with two attached hydrogens (primary N) is 1. The number of carbonyl (C=O) groups is 2. The van der Waals surface area contributed by atoms with Crippen LogP contribution in [0.15, 0.2) is 24.3 Å². The van der Waals surface area contributed by atoms with Crippen molar-refractivity contribution < 1.29 is 14.3 Å². The molecular weight excluding hydrogens is 330 g/mol. The van der Waals surface area contributed by atoms with E-state index >= 15 is 0 Å². The first-order chi connectivity index (χ1) is 11.0. The van der Waals surface area contributed by atoms with E-state index in [9.17, 15) is 9.59 Å². The number of halogens is 1. The molecule has 0 spiro atoms. The van der Waals surface area contributed by atoms with E-state index in [2.05, 4.69) is 0 Å². The van der Waals surface area contributed by atoms with Gasteiger partial charge < -0.3 is 20.3 Å². The van der Waals surface area contributed by atoms with Gasteiger partial charge in [-0.3, -0.25) is 9.59 Å². The zero-order valence-corrected chi connectivity index (χ0v) is 15.1. The maximum Gasteiger partial charge on any atom is 0.241 e. The summed E-state index contributed by atoms with van der Waals surface area (Å²) < 4.78 is 4.91. The van der Waals surface area contributed by atoms with Crippen molar-refractivity contribution in [2.45, 2.75) is 19.4 Å². The molecule has 7 heteroatoms. The van der Waals surface area contributed by atoms with Gasteiger partial charge in [-0.1, -0.05) is 29.8 Å². The third-order valence-electron chi connectivity index (χ3n) is 4.08. The molecule has 2 amide bonds. The minimum Gasteiger partial charge on any atom is -0.383 e. The molecule has 1 heterocycles. The van der Waals surface area contributed by atoms with Crippen LogP contribution < -0.4 is 5.73 Å². The number of nitrogens with zero attached hydrogens (tertiary/aromatic N) is 2. The van der Waals surface area contributed by atoms with Crippen LogP contribution >= 0.6 is 12.4 Å². The lowest BCUT2D eigenvalue weighted by Gasteiger charge is -2.36. The Morgan fingerprint density at radius 1 is 1.12 bits per heavy atom. The number of piperazine rings is 1. The zero-order chi connectivity index (χ0) is 16.8. The normalized spacial score (nSPS) is 15.6. The van der Waals surface area contributed by atoms with Crippen LogP contribution in [-0.4, -0.2) is 67.6 Å². The van der Waals surface area contributed by atoms with Gasteiger partial charge in [0.1, 0.15) is 6.04 Å². The summed E-state index contributed by atoms with van der Waals surface area (Å²) in [7, 11) is 1.52. The maximum atomic E-state index is 12.3. The maximum absolute atomic E-state index is 12.3. The third kappa shape index (κ3) is 5.47. The second-order valence-electron chi connectivity index (χ2n) is 5.93. The number of hydrogen-bond donors (Lipinski definition) is 1. The quantitative estimate of drug-likeness (QED) is 0.839. The van der Waals surface area contributed by atoms with Crippen molar-refractivity contribution >= 4 is 24.2 Å². The Morgan fingerprint density at radius 2 is 1.67 bits per heavy atom. The van der Waals surface area contributed by atoms with Gasteiger partial charge in [0.15, 0.2) is 0 Å². The summed E-state index contributed by atoms with van der Waals surface area (Å²) in [4.78, 5) is 28.0. The molecule has 2 N–H and O–H groups in total. The number of aryl methyl sites for hydroxylation is 1. The Morgan fingerprint density at radius 3 is 2.21 bits per heavy atom. The standard InChI is InChI=1S/C17H25N3O3.ClH/c1-13-3-5-14(6-4-13)11-16(21)19-7-9-20(10-8-19)17(22)15(18)12-23-2;/h3-6,15H,7-12,18H2,1-2H3;1H. The summed E-state index contributed by atoms with van der Waals surface area (Å²) in [5, 5.41) is 0. The Bertz CT molecular complexity index is 543. The fourth-order valence-electron chi connectivity index (χ4n) is 2.65. The molecule has 0 aliphatic carbocycles. The van der Waals surface area contributed by atoms with Crippen molar-refractivity contribution in [3.8, 4) is 0 Å². The van der Waals surface area contributed by atoms with Crippen LogP contribution in [0.25, 0.3) is 0 Å². The van der Waals surface area contributed by atoms with Crippen LogP contribution in [0, 0.1) is 6.92 Å². The second kappa shape index (κ2) is 9.61. The fraction of sp³-hybridized carbons (Fsp3) is 0.529. The molecule has 1 saturated heterocycles. The molecule has 0 aromatic heterocycles. The third-order valence-corrected chi connectivity index (χ3v) is 4.08. The molecule has 1 aromatic rings. The molecule has 0 radical (unpaired) electrons. The van der Waals surface area contributed by atoms with Gasteiger partial charge in [0, 0.05) is 33.3 Å². The first-order valence-electron chi connectivity index (χ1n) is 7.88. The summed E-state index contributed by atoms with van der Waals surface area (Å²) >= 11 is 0. The second-order valence-corrected chi connectivity index (χ2v) is 5.93. The van der Waals surface area contributed by atoms with E-state index in [0.29, 0.717) is 32.6 Å². The van der Waals surface area contributed by atoms with Gasteiger partial charge in [0.25, 0.3) is 0 Å². The topological polar surface area (TPSA) is 75.9 Å². The first kappa shape index (κ1) is 20.4. The van der Waals surface area contributed by atoms with Crippen LogP contribution in [0.3, 0.4) is 0 Å². The summed E-state index contributed by atoms with van der Waals surface area (Å²) in [6, 6.07) is 7.36. The van der Waals surface area contributed by atoms with Crippen molar-refractivity contribution in [1.29, 1.82) is 0 Å². The lowest BCUT2D eigenvalue weighted by molar-refractivity contribution is -0.140. The lowest BCUT2D eigenvalue weighted by atomic mass is 10.1. The fourth-order valence-corrected chi connectivity index (χ4v) is 2.65. The molecule has 1 aromatic carbocycles. The van der Waals surface area contributed by atoms with Crippen LogP contribution in [0.5, 0.6) is 0 Å². The molecule has 1 aliphatic heterocycles. The van der Waals surface area contributed by atoms with Crippen LogP contribution in [0.1, 0.15) is 11.1 Å². The highest BCUT2D eigenvalue weighted by molar-refractivity contribution is 5.85. The zero-order valence-electron chi connectivity index (χ0n) is 14.2. The smallest absolute Gasteiger partial charge is 0.241 e. The molecule has 134 valence electrons. The van der Waals surface area contributed by atoms with Crippen LogP contribution in [-0.2, 0) is 20.7 Å².